The van der Waals surface area contributed by atoms with Crippen LogP contribution in [0.15, 0.2) is 48.8 Å². The maximum absolute atomic E-state index is 11.9. The number of unbranched alkanes of at least 4 members (excludes halogenated alkanes) is 1. The Morgan fingerprint density at radius 3 is 2.43 bits per heavy atom. The van der Waals surface area contributed by atoms with E-state index >= 15 is 0 Å². The summed E-state index contributed by atoms with van der Waals surface area (Å²) in [6.07, 6.45) is 6.48. The predicted octanol–water partition coefficient (Wildman–Crippen LogP) is 4.63. The number of carbonyl (C=O) groups excluding carboxylic acids is 1. The van der Waals surface area contributed by atoms with E-state index in [2.05, 4.69) is 17.2 Å². The number of benzene rings is 2. The molecule has 0 fully saturated rings. The molecule has 0 saturated heterocycles. The number of aryl methyl sites for hydroxylation is 1. The number of primary amides is 1. The summed E-state index contributed by atoms with van der Waals surface area (Å²) in [5.41, 5.74) is 9.39. The summed E-state index contributed by atoms with van der Waals surface area (Å²) in [7, 11) is 4.69. The van der Waals surface area contributed by atoms with Gasteiger partial charge in [0.05, 0.1) is 21.3 Å². The van der Waals surface area contributed by atoms with E-state index < -0.39 is 5.91 Å². The van der Waals surface area contributed by atoms with Crippen molar-refractivity contribution in [3.05, 3.63) is 59.9 Å². The molecule has 0 atom stereocenters. The number of fused-ring (bicyclic) bond motifs is 1. The zero-order valence-corrected chi connectivity index (χ0v) is 20.3. The normalized spacial score (nSPS) is 10.9. The lowest BCUT2D eigenvalue weighted by Gasteiger charge is -2.15. The summed E-state index contributed by atoms with van der Waals surface area (Å²) in [6, 6.07) is 11.2. The number of ether oxygens (including phenoxy) is 3. The second kappa shape index (κ2) is 10.3. The highest BCUT2D eigenvalue weighted by Crippen LogP contribution is 2.40. The van der Waals surface area contributed by atoms with E-state index in [1.54, 1.807) is 45.7 Å². The van der Waals surface area contributed by atoms with Crippen molar-refractivity contribution in [2.45, 2.75) is 26.2 Å². The van der Waals surface area contributed by atoms with E-state index in [-0.39, 0.29) is 0 Å². The number of aromatic nitrogens is 3. The fraction of sp³-hybridized carbons (Fsp3) is 0.269. The van der Waals surface area contributed by atoms with Crippen LogP contribution in [-0.2, 0) is 6.42 Å². The van der Waals surface area contributed by atoms with E-state index in [0.29, 0.717) is 34.4 Å². The van der Waals surface area contributed by atoms with Crippen molar-refractivity contribution in [2.24, 2.45) is 5.73 Å². The molecule has 0 aliphatic carbocycles. The van der Waals surface area contributed by atoms with Gasteiger partial charge in [0.1, 0.15) is 5.65 Å². The summed E-state index contributed by atoms with van der Waals surface area (Å²) >= 11 is 0. The van der Waals surface area contributed by atoms with Crippen molar-refractivity contribution in [1.29, 1.82) is 0 Å². The third-order valence-electron chi connectivity index (χ3n) is 5.78. The van der Waals surface area contributed by atoms with Crippen molar-refractivity contribution < 1.29 is 19.0 Å². The van der Waals surface area contributed by atoms with Gasteiger partial charge in [0.25, 0.3) is 0 Å². The molecule has 35 heavy (non-hydrogen) atoms. The van der Waals surface area contributed by atoms with Gasteiger partial charge in [0.15, 0.2) is 11.5 Å². The molecule has 0 radical (unpaired) electrons. The average Bonchev–Trinajstić information content (AvgIpc) is 3.29. The minimum Gasteiger partial charge on any atom is -0.493 e. The van der Waals surface area contributed by atoms with Gasteiger partial charge in [-0.3, -0.25) is 4.79 Å². The standard InChI is InChI=1S/C26H29N5O4/c1-5-6-7-16-12-19(8-9-20(16)24(27)32)31-11-10-17-15-28-26(30-25(17)31)29-18-13-21(33-2)23(35-4)22(14-18)34-3/h8-15H,5-7H2,1-4H3,(H2,27,32)(H,28,29,30). The smallest absolute Gasteiger partial charge is 0.248 e. The van der Waals surface area contributed by atoms with Crippen LogP contribution in [0.5, 0.6) is 17.2 Å². The van der Waals surface area contributed by atoms with Crippen LogP contribution in [0.3, 0.4) is 0 Å². The van der Waals surface area contributed by atoms with Crippen molar-refractivity contribution in [2.75, 3.05) is 26.6 Å². The summed E-state index contributed by atoms with van der Waals surface area (Å²) in [5, 5.41) is 4.10. The third kappa shape index (κ3) is 4.84. The Kier molecular flexibility index (Phi) is 7.05. The number of hydrogen-bond donors (Lipinski definition) is 2. The zero-order chi connectivity index (χ0) is 24.9. The molecule has 182 valence electrons. The van der Waals surface area contributed by atoms with Gasteiger partial charge in [-0.15, -0.1) is 0 Å². The molecule has 2 aromatic heterocycles. The molecule has 4 aromatic rings. The SMILES string of the molecule is CCCCc1cc(-n2ccc3cnc(Nc4cc(OC)c(OC)c(OC)c4)nc32)ccc1C(N)=O. The van der Waals surface area contributed by atoms with E-state index in [4.69, 9.17) is 24.9 Å². The molecule has 2 heterocycles. The van der Waals surface area contributed by atoms with Crippen molar-refractivity contribution in [1.82, 2.24) is 14.5 Å². The first-order valence-electron chi connectivity index (χ1n) is 11.3. The minimum absolute atomic E-state index is 0.409. The van der Waals surface area contributed by atoms with Gasteiger partial charge >= 0.3 is 0 Å². The molecular weight excluding hydrogens is 446 g/mol. The minimum atomic E-state index is -0.417. The van der Waals surface area contributed by atoms with Crippen LogP contribution in [0.1, 0.15) is 35.7 Å². The van der Waals surface area contributed by atoms with Gasteiger partial charge in [-0.2, -0.15) is 4.98 Å². The number of hydrogen-bond acceptors (Lipinski definition) is 7. The predicted molar refractivity (Wildman–Crippen MR) is 135 cm³/mol. The Morgan fingerprint density at radius 1 is 1.06 bits per heavy atom. The fourth-order valence-electron chi connectivity index (χ4n) is 4.01. The van der Waals surface area contributed by atoms with Gasteiger partial charge < -0.3 is 29.8 Å². The molecule has 9 heteroatoms. The second-order valence-corrected chi connectivity index (χ2v) is 8.01. The van der Waals surface area contributed by atoms with Crippen LogP contribution in [0, 0.1) is 0 Å². The van der Waals surface area contributed by atoms with Crippen LogP contribution in [0.4, 0.5) is 11.6 Å². The van der Waals surface area contributed by atoms with Crippen LogP contribution in [-0.4, -0.2) is 41.8 Å². The summed E-state index contributed by atoms with van der Waals surface area (Å²) in [5.74, 6) is 1.54. The number of methoxy groups -OCH3 is 3. The molecule has 0 spiro atoms. The van der Waals surface area contributed by atoms with Gasteiger partial charge in [0.2, 0.25) is 17.6 Å². The Labute approximate surface area is 203 Å². The van der Waals surface area contributed by atoms with Gasteiger partial charge in [-0.1, -0.05) is 13.3 Å². The lowest BCUT2D eigenvalue weighted by molar-refractivity contribution is 0.0999. The molecule has 1 amide bonds. The molecule has 3 N–H and O–H groups in total. The van der Waals surface area contributed by atoms with Crippen molar-refractivity contribution in [3.63, 3.8) is 0 Å². The quantitative estimate of drug-likeness (QED) is 0.344. The van der Waals surface area contributed by atoms with Crippen LogP contribution in [0.2, 0.25) is 0 Å². The van der Waals surface area contributed by atoms with E-state index in [1.165, 1.54) is 0 Å². The van der Waals surface area contributed by atoms with Gasteiger partial charge in [0, 0.05) is 46.9 Å². The largest absolute Gasteiger partial charge is 0.493 e. The molecule has 4 rings (SSSR count). The average molecular weight is 476 g/mol. The number of nitrogens with two attached hydrogens (primary N) is 1. The first kappa shape index (κ1) is 23.9. The highest BCUT2D eigenvalue weighted by Gasteiger charge is 2.15. The molecule has 0 aliphatic rings. The maximum atomic E-state index is 11.9. The lowest BCUT2D eigenvalue weighted by atomic mass is 10.0. The molecule has 0 aliphatic heterocycles. The van der Waals surface area contributed by atoms with Crippen LogP contribution < -0.4 is 25.3 Å². The first-order valence-corrected chi connectivity index (χ1v) is 11.3. The third-order valence-corrected chi connectivity index (χ3v) is 5.78. The van der Waals surface area contributed by atoms with Crippen LogP contribution in [0.25, 0.3) is 16.7 Å². The number of rotatable bonds is 10. The molecule has 2 aromatic carbocycles. The Hall–Kier alpha value is -4.27. The summed E-state index contributed by atoms with van der Waals surface area (Å²) in [4.78, 5) is 21.1. The fourth-order valence-corrected chi connectivity index (χ4v) is 4.01. The van der Waals surface area contributed by atoms with E-state index in [1.807, 2.05) is 29.0 Å². The zero-order valence-electron chi connectivity index (χ0n) is 20.3. The van der Waals surface area contributed by atoms with E-state index in [0.717, 1.165) is 41.5 Å². The maximum Gasteiger partial charge on any atom is 0.248 e. The number of anilines is 2. The highest BCUT2D eigenvalue weighted by molar-refractivity contribution is 5.94. The number of nitrogens with zero attached hydrogens (tertiary/aromatic N) is 3. The molecule has 9 nitrogen and oxygen atoms in total. The Morgan fingerprint density at radius 2 is 1.80 bits per heavy atom. The first-order chi connectivity index (χ1) is 17.0. The molecule has 0 bridgehead atoms. The molecular formula is C26H29N5O4. The van der Waals surface area contributed by atoms with Crippen LogP contribution >= 0.6 is 0 Å². The van der Waals surface area contributed by atoms with Crippen molar-refractivity contribution in [3.8, 4) is 22.9 Å². The van der Waals surface area contributed by atoms with E-state index in [9.17, 15) is 4.79 Å². The monoisotopic (exact) mass is 475 g/mol. The summed E-state index contributed by atoms with van der Waals surface area (Å²) in [6.45, 7) is 2.12. The number of nitrogens with one attached hydrogen (secondary N) is 1. The highest BCUT2D eigenvalue weighted by atomic mass is 16.5. The number of amides is 1. The van der Waals surface area contributed by atoms with Gasteiger partial charge in [-0.05, 0) is 42.7 Å². The Balaban J connectivity index is 1.72. The lowest BCUT2D eigenvalue weighted by Crippen LogP contribution is -2.14. The Bertz CT molecular complexity index is 1340. The number of carbonyl (C=O) groups is 1. The van der Waals surface area contributed by atoms with Crippen molar-refractivity contribution >= 4 is 28.6 Å². The second-order valence-electron chi connectivity index (χ2n) is 8.01. The molecule has 0 saturated carbocycles. The van der Waals surface area contributed by atoms with Gasteiger partial charge in [-0.25, -0.2) is 4.98 Å². The topological polar surface area (TPSA) is 114 Å². The summed E-state index contributed by atoms with van der Waals surface area (Å²) < 4.78 is 18.2. The molecule has 0 unspecified atom stereocenters.